The predicted molar refractivity (Wildman–Crippen MR) is 102 cm³/mol. The molecular weight excluding hydrogens is 348 g/mol. The molecular formula is C20H20N2O3S. The van der Waals surface area contributed by atoms with Crippen LogP contribution in [0.2, 0.25) is 0 Å². The molecule has 1 aromatic heterocycles. The second kappa shape index (κ2) is 7.66. The van der Waals surface area contributed by atoms with Gasteiger partial charge < -0.3 is 9.64 Å². The van der Waals surface area contributed by atoms with E-state index < -0.39 is 12.1 Å². The number of esters is 1. The van der Waals surface area contributed by atoms with E-state index in [1.54, 1.807) is 37.4 Å². The lowest BCUT2D eigenvalue weighted by molar-refractivity contribution is -0.139. The molecule has 1 unspecified atom stereocenters. The summed E-state index contributed by atoms with van der Waals surface area (Å²) in [4.78, 5) is 30.7. The van der Waals surface area contributed by atoms with Crippen LogP contribution in [0, 0.1) is 6.92 Å². The standard InChI is InChI=1S/C20H20N2O3S/c1-13-8-10-15(11-9-13)20(24)25-14(2)19(23)22(3)12-18-21-16-6-4-5-7-17(16)26-18/h4-11,14H,12H2,1-3H3. The molecule has 3 aromatic rings. The van der Waals surface area contributed by atoms with E-state index >= 15 is 0 Å². The third-order valence-electron chi connectivity index (χ3n) is 4.01. The van der Waals surface area contributed by atoms with Crippen molar-refractivity contribution in [2.45, 2.75) is 26.5 Å². The highest BCUT2D eigenvalue weighted by Crippen LogP contribution is 2.22. The van der Waals surface area contributed by atoms with Crippen LogP contribution in [0.25, 0.3) is 10.2 Å². The Balaban J connectivity index is 1.61. The first kappa shape index (κ1) is 18.1. The second-order valence-electron chi connectivity index (χ2n) is 6.18. The highest BCUT2D eigenvalue weighted by molar-refractivity contribution is 7.18. The lowest BCUT2D eigenvalue weighted by atomic mass is 10.1. The number of fused-ring (bicyclic) bond motifs is 1. The lowest BCUT2D eigenvalue weighted by Crippen LogP contribution is -2.37. The van der Waals surface area contributed by atoms with Gasteiger partial charge in [-0.25, -0.2) is 9.78 Å². The summed E-state index contributed by atoms with van der Waals surface area (Å²) in [6, 6.07) is 14.9. The van der Waals surface area contributed by atoms with Crippen molar-refractivity contribution >= 4 is 33.4 Å². The largest absolute Gasteiger partial charge is 0.449 e. The first-order valence-electron chi connectivity index (χ1n) is 8.31. The van der Waals surface area contributed by atoms with Crippen LogP contribution < -0.4 is 0 Å². The van der Waals surface area contributed by atoms with Gasteiger partial charge in [-0.2, -0.15) is 0 Å². The fourth-order valence-corrected chi connectivity index (χ4v) is 3.57. The summed E-state index contributed by atoms with van der Waals surface area (Å²) in [5.41, 5.74) is 2.41. The van der Waals surface area contributed by atoms with Crippen LogP contribution in [0.15, 0.2) is 48.5 Å². The smallest absolute Gasteiger partial charge is 0.338 e. The second-order valence-corrected chi connectivity index (χ2v) is 7.30. The summed E-state index contributed by atoms with van der Waals surface area (Å²) < 4.78 is 6.39. The summed E-state index contributed by atoms with van der Waals surface area (Å²) in [5, 5.41) is 0.846. The summed E-state index contributed by atoms with van der Waals surface area (Å²) >= 11 is 1.55. The monoisotopic (exact) mass is 368 g/mol. The van der Waals surface area contributed by atoms with Crippen molar-refractivity contribution in [1.29, 1.82) is 0 Å². The molecule has 3 rings (SSSR count). The number of rotatable bonds is 5. The number of aryl methyl sites for hydroxylation is 1. The zero-order chi connectivity index (χ0) is 18.7. The number of amides is 1. The quantitative estimate of drug-likeness (QED) is 0.643. The number of likely N-dealkylation sites (N-methyl/N-ethyl adjacent to an activating group) is 1. The number of benzene rings is 2. The Morgan fingerprint density at radius 1 is 1.15 bits per heavy atom. The van der Waals surface area contributed by atoms with Crippen molar-refractivity contribution in [3.63, 3.8) is 0 Å². The summed E-state index contributed by atoms with van der Waals surface area (Å²) in [6.07, 6.45) is -0.858. The van der Waals surface area contributed by atoms with Crippen LogP contribution in [-0.4, -0.2) is 34.9 Å². The van der Waals surface area contributed by atoms with Crippen LogP contribution in [0.3, 0.4) is 0 Å². The molecule has 0 aliphatic rings. The molecule has 6 heteroatoms. The van der Waals surface area contributed by atoms with Gasteiger partial charge in [-0.1, -0.05) is 29.8 Å². The topological polar surface area (TPSA) is 59.5 Å². The molecule has 0 N–H and O–H groups in total. The van der Waals surface area contributed by atoms with Gasteiger partial charge in [-0.3, -0.25) is 4.79 Å². The molecule has 134 valence electrons. The number of carbonyl (C=O) groups is 2. The maximum absolute atomic E-state index is 12.5. The highest BCUT2D eigenvalue weighted by Gasteiger charge is 2.23. The van der Waals surface area contributed by atoms with E-state index in [0.29, 0.717) is 12.1 Å². The van der Waals surface area contributed by atoms with E-state index in [4.69, 9.17) is 4.74 Å². The maximum atomic E-state index is 12.5. The van der Waals surface area contributed by atoms with Crippen LogP contribution in [0.1, 0.15) is 27.9 Å². The van der Waals surface area contributed by atoms with Gasteiger partial charge in [-0.05, 0) is 38.1 Å². The van der Waals surface area contributed by atoms with E-state index in [-0.39, 0.29) is 5.91 Å². The summed E-state index contributed by atoms with van der Waals surface area (Å²) in [6.45, 7) is 3.91. The minimum Gasteiger partial charge on any atom is -0.449 e. The van der Waals surface area contributed by atoms with Crippen molar-refractivity contribution in [2.24, 2.45) is 0 Å². The van der Waals surface area contributed by atoms with Crippen molar-refractivity contribution in [3.8, 4) is 0 Å². The molecule has 5 nitrogen and oxygen atoms in total. The van der Waals surface area contributed by atoms with E-state index in [2.05, 4.69) is 4.98 Å². The Morgan fingerprint density at radius 2 is 1.85 bits per heavy atom. The number of ether oxygens (including phenoxy) is 1. The number of carbonyl (C=O) groups excluding carboxylic acids is 2. The van der Waals surface area contributed by atoms with Crippen molar-refractivity contribution < 1.29 is 14.3 Å². The normalized spacial score (nSPS) is 12.0. The van der Waals surface area contributed by atoms with Gasteiger partial charge in [0.1, 0.15) is 5.01 Å². The Kier molecular flexibility index (Phi) is 5.32. The van der Waals surface area contributed by atoms with Gasteiger partial charge in [0.25, 0.3) is 5.91 Å². The maximum Gasteiger partial charge on any atom is 0.338 e. The highest BCUT2D eigenvalue weighted by atomic mass is 32.1. The number of para-hydroxylation sites is 1. The first-order valence-corrected chi connectivity index (χ1v) is 9.13. The van der Waals surface area contributed by atoms with E-state index in [1.807, 2.05) is 43.3 Å². The molecule has 1 atom stereocenters. The number of thiazole rings is 1. The van der Waals surface area contributed by atoms with Crippen LogP contribution in [0.5, 0.6) is 0 Å². The average molecular weight is 368 g/mol. The predicted octanol–water partition coefficient (Wildman–Crippen LogP) is 3.81. The molecule has 0 aliphatic carbocycles. The van der Waals surface area contributed by atoms with Crippen molar-refractivity contribution in [1.82, 2.24) is 9.88 Å². The number of hydrogen-bond donors (Lipinski definition) is 0. The van der Waals surface area contributed by atoms with Gasteiger partial charge in [-0.15, -0.1) is 11.3 Å². The molecule has 0 saturated carbocycles. The van der Waals surface area contributed by atoms with E-state index in [9.17, 15) is 9.59 Å². The van der Waals surface area contributed by atoms with Gasteiger partial charge in [0, 0.05) is 7.05 Å². The third kappa shape index (κ3) is 4.08. The lowest BCUT2D eigenvalue weighted by Gasteiger charge is -2.20. The fraction of sp³-hybridized carbons (Fsp3) is 0.250. The molecule has 26 heavy (non-hydrogen) atoms. The zero-order valence-corrected chi connectivity index (χ0v) is 15.7. The average Bonchev–Trinajstić information content (AvgIpc) is 3.03. The minimum atomic E-state index is -0.858. The Morgan fingerprint density at radius 3 is 2.54 bits per heavy atom. The Labute approximate surface area is 156 Å². The van der Waals surface area contributed by atoms with E-state index in [1.165, 1.54) is 4.90 Å². The summed E-state index contributed by atoms with van der Waals surface area (Å²) in [7, 11) is 1.69. The number of aromatic nitrogens is 1. The molecule has 0 bridgehead atoms. The van der Waals surface area contributed by atoms with E-state index in [0.717, 1.165) is 20.8 Å². The fourth-order valence-electron chi connectivity index (χ4n) is 2.55. The summed E-state index contributed by atoms with van der Waals surface area (Å²) in [5.74, 6) is -0.760. The SMILES string of the molecule is Cc1ccc(C(=O)OC(C)C(=O)N(C)Cc2nc3ccccc3s2)cc1. The Hall–Kier alpha value is -2.73. The zero-order valence-electron chi connectivity index (χ0n) is 14.9. The molecule has 1 heterocycles. The van der Waals surface area contributed by atoms with Crippen LogP contribution in [0.4, 0.5) is 0 Å². The van der Waals surface area contributed by atoms with Crippen LogP contribution in [-0.2, 0) is 16.1 Å². The minimum absolute atomic E-state index is 0.260. The molecule has 0 aliphatic heterocycles. The molecule has 0 saturated heterocycles. The molecule has 1 amide bonds. The number of hydrogen-bond acceptors (Lipinski definition) is 5. The van der Waals surface area contributed by atoms with Gasteiger partial charge in [0.05, 0.1) is 22.3 Å². The van der Waals surface area contributed by atoms with Crippen LogP contribution >= 0.6 is 11.3 Å². The van der Waals surface area contributed by atoms with Crippen molar-refractivity contribution in [2.75, 3.05) is 7.05 Å². The van der Waals surface area contributed by atoms with Crippen molar-refractivity contribution in [3.05, 3.63) is 64.7 Å². The molecule has 0 fully saturated rings. The van der Waals surface area contributed by atoms with Gasteiger partial charge in [0.15, 0.2) is 6.10 Å². The Bertz CT molecular complexity index is 901. The number of nitrogens with zero attached hydrogens (tertiary/aromatic N) is 2. The van der Waals surface area contributed by atoms with Gasteiger partial charge in [0.2, 0.25) is 0 Å². The van der Waals surface area contributed by atoms with Gasteiger partial charge >= 0.3 is 5.97 Å². The molecule has 0 radical (unpaired) electrons. The first-order chi connectivity index (χ1) is 12.4. The molecule has 0 spiro atoms. The third-order valence-corrected chi connectivity index (χ3v) is 5.03. The molecule has 2 aromatic carbocycles.